The van der Waals surface area contributed by atoms with Gasteiger partial charge in [0.25, 0.3) is 5.91 Å². The molecular formula is C20H21FN2O5. The topological polar surface area (TPSA) is 84.9 Å². The Morgan fingerprint density at radius 3 is 2.54 bits per heavy atom. The minimum absolute atomic E-state index is 0.119. The van der Waals surface area contributed by atoms with Gasteiger partial charge in [0.2, 0.25) is 5.91 Å². The van der Waals surface area contributed by atoms with E-state index in [9.17, 15) is 18.8 Å². The lowest BCUT2D eigenvalue weighted by Crippen LogP contribution is -2.30. The number of carbonyl (C=O) groups excluding carboxylic acids is 3. The summed E-state index contributed by atoms with van der Waals surface area (Å²) in [4.78, 5) is 36.7. The van der Waals surface area contributed by atoms with Crippen LogP contribution < -0.4 is 10.1 Å². The molecule has 0 bridgehead atoms. The lowest BCUT2D eigenvalue weighted by molar-refractivity contribution is -0.133. The van der Waals surface area contributed by atoms with Gasteiger partial charge in [0.15, 0.2) is 18.2 Å². The van der Waals surface area contributed by atoms with Crippen LogP contribution in [-0.4, -0.2) is 43.4 Å². The molecule has 148 valence electrons. The molecule has 1 N–H and O–H groups in total. The predicted molar refractivity (Wildman–Crippen MR) is 100 cm³/mol. The molecule has 0 saturated heterocycles. The quantitative estimate of drug-likeness (QED) is 0.737. The summed E-state index contributed by atoms with van der Waals surface area (Å²) in [5.74, 6) is -1.80. The minimum atomic E-state index is -0.690. The maximum Gasteiger partial charge on any atom is 0.338 e. The summed E-state index contributed by atoms with van der Waals surface area (Å²) in [6.45, 7) is 1.04. The molecular weight excluding hydrogens is 367 g/mol. The largest absolute Gasteiger partial charge is 0.494 e. The van der Waals surface area contributed by atoms with Gasteiger partial charge < -0.3 is 19.7 Å². The molecule has 7 nitrogen and oxygen atoms in total. The number of carbonyl (C=O) groups is 3. The van der Waals surface area contributed by atoms with E-state index in [0.29, 0.717) is 11.3 Å². The smallest absolute Gasteiger partial charge is 0.338 e. The number of anilines is 1. The Hall–Kier alpha value is -3.42. The highest BCUT2D eigenvalue weighted by Crippen LogP contribution is 2.18. The van der Waals surface area contributed by atoms with Crippen molar-refractivity contribution in [2.24, 2.45) is 0 Å². The number of hydrogen-bond donors (Lipinski definition) is 1. The number of nitrogens with zero attached hydrogens (tertiary/aromatic N) is 1. The van der Waals surface area contributed by atoms with E-state index in [-0.39, 0.29) is 23.8 Å². The standard InChI is InChI=1S/C20H21FN2O5/c1-13(24)22-16-6-4-5-15(10-16)20(26)28-12-19(25)23(2)11-14-7-8-18(27-3)17(21)9-14/h4-10H,11-12H2,1-3H3,(H,22,24). The van der Waals surface area contributed by atoms with Crippen LogP contribution in [0.5, 0.6) is 5.75 Å². The summed E-state index contributed by atoms with van der Waals surface area (Å²) >= 11 is 0. The molecule has 8 heteroatoms. The summed E-state index contributed by atoms with van der Waals surface area (Å²) in [5, 5.41) is 2.56. The van der Waals surface area contributed by atoms with Crippen molar-refractivity contribution in [2.45, 2.75) is 13.5 Å². The zero-order valence-corrected chi connectivity index (χ0v) is 15.8. The van der Waals surface area contributed by atoms with Crippen LogP contribution in [0.4, 0.5) is 10.1 Å². The van der Waals surface area contributed by atoms with Crippen LogP contribution in [0.2, 0.25) is 0 Å². The summed E-state index contributed by atoms with van der Waals surface area (Å²) in [5.41, 5.74) is 1.23. The van der Waals surface area contributed by atoms with Gasteiger partial charge in [-0.3, -0.25) is 9.59 Å². The molecule has 2 aromatic carbocycles. The summed E-state index contributed by atoms with van der Waals surface area (Å²) in [7, 11) is 2.89. The molecule has 0 aliphatic heterocycles. The fourth-order valence-electron chi connectivity index (χ4n) is 2.42. The third-order valence-electron chi connectivity index (χ3n) is 3.81. The molecule has 0 aliphatic rings. The first-order chi connectivity index (χ1) is 13.3. The van der Waals surface area contributed by atoms with Gasteiger partial charge in [-0.15, -0.1) is 0 Å². The number of nitrogens with one attached hydrogen (secondary N) is 1. The van der Waals surface area contributed by atoms with E-state index in [4.69, 9.17) is 9.47 Å². The second-order valence-corrected chi connectivity index (χ2v) is 6.06. The van der Waals surface area contributed by atoms with E-state index in [1.165, 1.54) is 50.2 Å². The van der Waals surface area contributed by atoms with Crippen LogP contribution in [0.1, 0.15) is 22.8 Å². The van der Waals surface area contributed by atoms with Crippen molar-refractivity contribution >= 4 is 23.5 Å². The lowest BCUT2D eigenvalue weighted by Gasteiger charge is -2.17. The van der Waals surface area contributed by atoms with Crippen LogP contribution in [-0.2, 0) is 20.9 Å². The fourth-order valence-corrected chi connectivity index (χ4v) is 2.42. The van der Waals surface area contributed by atoms with E-state index >= 15 is 0 Å². The number of benzene rings is 2. The Kier molecular flexibility index (Phi) is 7.08. The molecule has 0 atom stereocenters. The minimum Gasteiger partial charge on any atom is -0.494 e. The fraction of sp³-hybridized carbons (Fsp3) is 0.250. The molecule has 0 saturated carbocycles. The molecule has 0 radical (unpaired) electrons. The van der Waals surface area contributed by atoms with E-state index in [2.05, 4.69) is 5.32 Å². The van der Waals surface area contributed by atoms with Gasteiger partial charge in [-0.25, -0.2) is 9.18 Å². The molecule has 28 heavy (non-hydrogen) atoms. The highest BCUT2D eigenvalue weighted by Gasteiger charge is 2.15. The van der Waals surface area contributed by atoms with Crippen LogP contribution in [0.3, 0.4) is 0 Å². The molecule has 2 aromatic rings. The van der Waals surface area contributed by atoms with E-state index in [0.717, 1.165) is 0 Å². The third-order valence-corrected chi connectivity index (χ3v) is 3.81. The van der Waals surface area contributed by atoms with Gasteiger partial charge in [-0.05, 0) is 35.9 Å². The number of ether oxygens (including phenoxy) is 2. The van der Waals surface area contributed by atoms with Gasteiger partial charge in [-0.1, -0.05) is 12.1 Å². The summed E-state index contributed by atoms with van der Waals surface area (Å²) in [6, 6.07) is 10.6. The van der Waals surface area contributed by atoms with Crippen molar-refractivity contribution in [2.75, 3.05) is 26.1 Å². The van der Waals surface area contributed by atoms with E-state index < -0.39 is 24.3 Å². The molecule has 0 fully saturated rings. The van der Waals surface area contributed by atoms with E-state index in [1.807, 2.05) is 0 Å². The summed E-state index contributed by atoms with van der Waals surface area (Å²) < 4.78 is 23.6. The van der Waals surface area contributed by atoms with Gasteiger partial charge >= 0.3 is 5.97 Å². The van der Waals surface area contributed by atoms with Crippen LogP contribution in [0.15, 0.2) is 42.5 Å². The zero-order chi connectivity index (χ0) is 20.7. The molecule has 0 aliphatic carbocycles. The van der Waals surface area contributed by atoms with Gasteiger partial charge in [0.1, 0.15) is 0 Å². The first kappa shape index (κ1) is 20.9. The Morgan fingerprint density at radius 1 is 1.14 bits per heavy atom. The van der Waals surface area contributed by atoms with Gasteiger partial charge in [0.05, 0.1) is 12.7 Å². The van der Waals surface area contributed by atoms with Crippen molar-refractivity contribution in [3.8, 4) is 5.75 Å². The number of likely N-dealkylation sites (N-methyl/N-ethyl adjacent to an activating group) is 1. The number of rotatable bonds is 7. The van der Waals surface area contributed by atoms with E-state index in [1.54, 1.807) is 18.2 Å². The monoisotopic (exact) mass is 388 g/mol. The average Bonchev–Trinajstić information content (AvgIpc) is 2.65. The number of esters is 1. The highest BCUT2D eigenvalue weighted by atomic mass is 19.1. The van der Waals surface area contributed by atoms with Crippen molar-refractivity contribution in [3.63, 3.8) is 0 Å². The van der Waals surface area contributed by atoms with Crippen molar-refractivity contribution in [1.29, 1.82) is 0 Å². The third kappa shape index (κ3) is 5.80. The van der Waals surface area contributed by atoms with Crippen LogP contribution >= 0.6 is 0 Å². The molecule has 0 aromatic heterocycles. The van der Waals surface area contributed by atoms with Crippen LogP contribution in [0.25, 0.3) is 0 Å². The molecule has 0 spiro atoms. The zero-order valence-electron chi connectivity index (χ0n) is 15.8. The average molecular weight is 388 g/mol. The SMILES string of the molecule is COc1ccc(CN(C)C(=O)COC(=O)c2cccc(NC(C)=O)c2)cc1F. The second-order valence-electron chi connectivity index (χ2n) is 6.06. The lowest BCUT2D eigenvalue weighted by atomic mass is 10.2. The number of hydrogen-bond acceptors (Lipinski definition) is 5. The van der Waals surface area contributed by atoms with Gasteiger partial charge in [-0.2, -0.15) is 0 Å². The Bertz CT molecular complexity index is 885. The van der Waals surface area contributed by atoms with Crippen molar-refractivity contribution in [3.05, 3.63) is 59.4 Å². The molecule has 2 rings (SSSR count). The highest BCUT2D eigenvalue weighted by molar-refractivity contribution is 5.94. The number of methoxy groups -OCH3 is 1. The summed E-state index contributed by atoms with van der Waals surface area (Å²) in [6.07, 6.45) is 0. The Labute approximate surface area is 162 Å². The molecule has 0 heterocycles. The van der Waals surface area contributed by atoms with Gasteiger partial charge in [0, 0.05) is 26.2 Å². The first-order valence-corrected chi connectivity index (χ1v) is 8.41. The normalized spacial score (nSPS) is 10.1. The second kappa shape index (κ2) is 9.50. The van der Waals surface area contributed by atoms with Crippen molar-refractivity contribution in [1.82, 2.24) is 4.90 Å². The maximum absolute atomic E-state index is 13.7. The maximum atomic E-state index is 13.7. The number of amides is 2. The predicted octanol–water partition coefficient (Wildman–Crippen LogP) is 2.61. The van der Waals surface area contributed by atoms with Crippen molar-refractivity contribution < 1.29 is 28.2 Å². The molecule has 0 unspecified atom stereocenters. The molecule has 2 amide bonds. The Balaban J connectivity index is 1.91. The number of halogens is 1. The first-order valence-electron chi connectivity index (χ1n) is 8.41. The van der Waals surface area contributed by atoms with Crippen LogP contribution in [0, 0.1) is 5.82 Å². The Morgan fingerprint density at radius 2 is 1.89 bits per heavy atom.